The molecule has 2 aromatic heterocycles. The van der Waals surface area contributed by atoms with Crippen LogP contribution in [0.4, 0.5) is 0 Å². The summed E-state index contributed by atoms with van der Waals surface area (Å²) in [6.45, 7) is 3.10. The van der Waals surface area contributed by atoms with E-state index in [1.807, 2.05) is 17.5 Å². The summed E-state index contributed by atoms with van der Waals surface area (Å²) in [4.78, 5) is 38.8. The zero-order valence-corrected chi connectivity index (χ0v) is 11.5. The predicted octanol–water partition coefficient (Wildman–Crippen LogP) is 1.60. The summed E-state index contributed by atoms with van der Waals surface area (Å²) in [6.07, 6.45) is 1.77. The number of H-pyrrole nitrogens is 1. The van der Waals surface area contributed by atoms with Gasteiger partial charge in [-0.3, -0.25) is 14.2 Å². The smallest absolute Gasteiger partial charge is 0.313 e. The third kappa shape index (κ3) is 2.73. The molecule has 2 rings (SSSR count). The molecule has 6 heteroatoms. The number of hydrogen-bond donors (Lipinski definition) is 1. The Morgan fingerprint density at radius 3 is 2.79 bits per heavy atom. The van der Waals surface area contributed by atoms with Crippen molar-refractivity contribution in [2.24, 2.45) is 0 Å². The van der Waals surface area contributed by atoms with E-state index in [4.69, 9.17) is 0 Å². The Balaban J connectivity index is 2.44. The van der Waals surface area contributed by atoms with Crippen LogP contribution < -0.4 is 11.2 Å². The normalized spacial score (nSPS) is 12.3. The fourth-order valence-corrected chi connectivity index (χ4v) is 2.78. The summed E-state index contributed by atoms with van der Waals surface area (Å²) in [5, 5.41) is 1.95. The Bertz CT molecular complexity index is 697. The van der Waals surface area contributed by atoms with Gasteiger partial charge in [0.2, 0.25) is 0 Å². The van der Waals surface area contributed by atoms with Crippen LogP contribution in [-0.2, 0) is 6.42 Å². The molecular formula is C13H14N2O3S. The van der Waals surface area contributed by atoms with Gasteiger partial charge in [-0.25, -0.2) is 4.79 Å². The van der Waals surface area contributed by atoms with Gasteiger partial charge in [0.25, 0.3) is 5.56 Å². The number of rotatable bonds is 4. The lowest BCUT2D eigenvalue weighted by molar-refractivity contribution is 0.101. The summed E-state index contributed by atoms with van der Waals surface area (Å²) in [5.74, 6) is -0.349. The van der Waals surface area contributed by atoms with Crippen LogP contribution >= 0.6 is 11.3 Å². The maximum absolute atomic E-state index is 12.1. The van der Waals surface area contributed by atoms with Crippen molar-refractivity contribution in [1.82, 2.24) is 9.55 Å². The van der Waals surface area contributed by atoms with Crippen molar-refractivity contribution < 1.29 is 4.79 Å². The second-order valence-corrected chi connectivity index (χ2v) is 5.40. The predicted molar refractivity (Wildman–Crippen MR) is 74.1 cm³/mol. The molecule has 0 aromatic carbocycles. The number of nitrogens with zero attached hydrogens (tertiary/aromatic N) is 1. The van der Waals surface area contributed by atoms with Crippen LogP contribution in [0.1, 0.15) is 35.1 Å². The number of aromatic nitrogens is 2. The fraction of sp³-hybridized carbons (Fsp3) is 0.308. The van der Waals surface area contributed by atoms with E-state index < -0.39 is 11.2 Å². The summed E-state index contributed by atoms with van der Waals surface area (Å²) >= 11 is 1.57. The van der Waals surface area contributed by atoms with Crippen LogP contribution in [0.15, 0.2) is 33.3 Å². The molecule has 0 aliphatic carbocycles. The highest BCUT2D eigenvalue weighted by molar-refractivity contribution is 7.09. The average Bonchev–Trinajstić information content (AvgIpc) is 2.81. The number of carbonyl (C=O) groups is 1. The van der Waals surface area contributed by atoms with Crippen LogP contribution in [0.5, 0.6) is 0 Å². The van der Waals surface area contributed by atoms with Gasteiger partial charge in [-0.15, -0.1) is 11.3 Å². The summed E-state index contributed by atoms with van der Waals surface area (Å²) in [7, 11) is 0. The van der Waals surface area contributed by atoms with E-state index in [1.165, 1.54) is 13.1 Å². The average molecular weight is 278 g/mol. The third-order valence-electron chi connectivity index (χ3n) is 2.90. The van der Waals surface area contributed by atoms with E-state index in [1.54, 1.807) is 18.3 Å². The second-order valence-electron chi connectivity index (χ2n) is 4.37. The van der Waals surface area contributed by atoms with Gasteiger partial charge in [-0.05, 0) is 25.3 Å². The quantitative estimate of drug-likeness (QED) is 0.863. The molecule has 5 nitrogen and oxygen atoms in total. The van der Waals surface area contributed by atoms with Gasteiger partial charge < -0.3 is 4.98 Å². The first kappa shape index (κ1) is 13.5. The van der Waals surface area contributed by atoms with Crippen molar-refractivity contribution >= 4 is 17.1 Å². The number of aromatic amines is 1. The molecule has 0 bridgehead atoms. The van der Waals surface area contributed by atoms with Gasteiger partial charge in [0, 0.05) is 23.5 Å². The van der Waals surface area contributed by atoms with E-state index in [0.717, 1.165) is 9.44 Å². The Morgan fingerprint density at radius 1 is 1.47 bits per heavy atom. The van der Waals surface area contributed by atoms with E-state index in [9.17, 15) is 14.4 Å². The number of nitrogens with one attached hydrogen (secondary N) is 1. The molecule has 1 N–H and O–H groups in total. The van der Waals surface area contributed by atoms with Crippen molar-refractivity contribution in [3.05, 3.63) is 55.0 Å². The van der Waals surface area contributed by atoms with Crippen LogP contribution in [0.2, 0.25) is 0 Å². The minimum absolute atomic E-state index is 0.0117. The molecule has 2 heterocycles. The Labute approximate surface area is 113 Å². The minimum atomic E-state index is -0.527. The Morgan fingerprint density at radius 2 is 2.21 bits per heavy atom. The largest absolute Gasteiger partial charge is 0.328 e. The molecule has 0 aliphatic heterocycles. The van der Waals surface area contributed by atoms with Gasteiger partial charge in [-0.2, -0.15) is 0 Å². The molecule has 0 spiro atoms. The van der Waals surface area contributed by atoms with Crippen LogP contribution in [0, 0.1) is 0 Å². The van der Waals surface area contributed by atoms with Crippen LogP contribution in [0.3, 0.4) is 0 Å². The molecule has 0 amide bonds. The zero-order chi connectivity index (χ0) is 14.0. The maximum Gasteiger partial charge on any atom is 0.328 e. The van der Waals surface area contributed by atoms with E-state index in [-0.39, 0.29) is 17.4 Å². The molecule has 0 saturated carbocycles. The van der Waals surface area contributed by atoms with Crippen molar-refractivity contribution in [3.63, 3.8) is 0 Å². The van der Waals surface area contributed by atoms with Crippen LogP contribution in [-0.4, -0.2) is 15.3 Å². The molecule has 1 unspecified atom stereocenters. The summed E-state index contributed by atoms with van der Waals surface area (Å²) < 4.78 is 1.11. The highest BCUT2D eigenvalue weighted by Crippen LogP contribution is 2.15. The summed E-state index contributed by atoms with van der Waals surface area (Å²) in [6, 6.07) is 3.58. The third-order valence-corrected chi connectivity index (χ3v) is 3.80. The number of Topliss-reactive ketones (excluding diaryl/α,β-unsaturated/α-hetero) is 1. The number of thiophene rings is 1. The van der Waals surface area contributed by atoms with Crippen molar-refractivity contribution in [2.75, 3.05) is 0 Å². The number of hydrogen-bond acceptors (Lipinski definition) is 4. The van der Waals surface area contributed by atoms with Gasteiger partial charge in [0.15, 0.2) is 5.78 Å². The zero-order valence-electron chi connectivity index (χ0n) is 10.7. The topological polar surface area (TPSA) is 71.9 Å². The molecule has 0 fully saturated rings. The molecule has 0 saturated heterocycles. The van der Waals surface area contributed by atoms with Crippen molar-refractivity contribution in [1.29, 1.82) is 0 Å². The Hall–Kier alpha value is -1.95. The lowest BCUT2D eigenvalue weighted by Crippen LogP contribution is -2.40. The van der Waals surface area contributed by atoms with Crippen molar-refractivity contribution in [2.45, 2.75) is 26.3 Å². The second kappa shape index (κ2) is 5.36. The first-order valence-electron chi connectivity index (χ1n) is 5.88. The monoisotopic (exact) mass is 278 g/mol. The molecule has 1 atom stereocenters. The van der Waals surface area contributed by atoms with Crippen molar-refractivity contribution in [3.8, 4) is 0 Å². The maximum atomic E-state index is 12.1. The molecule has 2 aromatic rings. The SMILES string of the molecule is CC(=O)c1c[nH]c(=O)n(C(C)Cc2cccs2)c1=O. The van der Waals surface area contributed by atoms with Gasteiger partial charge in [-0.1, -0.05) is 6.07 Å². The fourth-order valence-electron chi connectivity index (χ4n) is 1.95. The summed E-state index contributed by atoms with van der Waals surface area (Å²) in [5.41, 5.74) is -1.00. The van der Waals surface area contributed by atoms with Gasteiger partial charge in [0.05, 0.1) is 5.56 Å². The molecule has 0 aliphatic rings. The van der Waals surface area contributed by atoms with E-state index in [0.29, 0.717) is 6.42 Å². The lowest BCUT2D eigenvalue weighted by Gasteiger charge is -2.13. The molecule has 100 valence electrons. The molecule has 19 heavy (non-hydrogen) atoms. The van der Waals surface area contributed by atoms with E-state index >= 15 is 0 Å². The standard InChI is InChI=1S/C13H14N2O3S/c1-8(6-10-4-3-5-19-10)15-12(17)11(9(2)16)7-14-13(15)18/h3-5,7-8H,6H2,1-2H3,(H,14,18). The molecule has 0 radical (unpaired) electrons. The van der Waals surface area contributed by atoms with E-state index in [2.05, 4.69) is 4.98 Å². The first-order chi connectivity index (χ1) is 9.00. The minimum Gasteiger partial charge on any atom is -0.313 e. The van der Waals surface area contributed by atoms with Gasteiger partial charge in [0.1, 0.15) is 0 Å². The van der Waals surface area contributed by atoms with Crippen LogP contribution in [0.25, 0.3) is 0 Å². The Kier molecular flexibility index (Phi) is 3.80. The number of carbonyl (C=O) groups excluding carboxylic acids is 1. The molecular weight excluding hydrogens is 264 g/mol. The number of ketones is 1. The van der Waals surface area contributed by atoms with Gasteiger partial charge >= 0.3 is 5.69 Å². The highest BCUT2D eigenvalue weighted by Gasteiger charge is 2.16. The lowest BCUT2D eigenvalue weighted by atomic mass is 10.2. The highest BCUT2D eigenvalue weighted by atomic mass is 32.1. The first-order valence-corrected chi connectivity index (χ1v) is 6.76.